The van der Waals surface area contributed by atoms with Crippen molar-refractivity contribution in [1.29, 1.82) is 5.26 Å². The number of hydrogen-bond acceptors (Lipinski definition) is 4. The van der Waals surface area contributed by atoms with Gasteiger partial charge in [0, 0.05) is 38.9 Å². The van der Waals surface area contributed by atoms with Crippen molar-refractivity contribution in [2.45, 2.75) is 32.2 Å². The van der Waals surface area contributed by atoms with Crippen molar-refractivity contribution < 1.29 is 4.79 Å². The summed E-state index contributed by atoms with van der Waals surface area (Å²) in [6.07, 6.45) is 5.27. The van der Waals surface area contributed by atoms with Gasteiger partial charge >= 0.3 is 0 Å². The summed E-state index contributed by atoms with van der Waals surface area (Å²) in [5, 5.41) is 9.45. The highest BCUT2D eigenvalue weighted by Crippen LogP contribution is 2.39. The summed E-state index contributed by atoms with van der Waals surface area (Å²) in [6.45, 7) is 3.96. The summed E-state index contributed by atoms with van der Waals surface area (Å²) in [6, 6.07) is 8.26. The van der Waals surface area contributed by atoms with Gasteiger partial charge in [-0.2, -0.15) is 5.26 Å². The monoisotopic (exact) mass is 298 g/mol. The summed E-state index contributed by atoms with van der Waals surface area (Å²) in [5.41, 5.74) is 0.329. The lowest BCUT2D eigenvalue weighted by Crippen LogP contribution is -2.52. The molecule has 0 atom stereocenters. The molecule has 2 heterocycles. The maximum atomic E-state index is 12.7. The van der Waals surface area contributed by atoms with Gasteiger partial charge in [0.15, 0.2) is 0 Å². The van der Waals surface area contributed by atoms with Crippen LogP contribution in [-0.4, -0.2) is 46.9 Å². The van der Waals surface area contributed by atoms with Crippen LogP contribution in [0.1, 0.15) is 31.4 Å². The Labute approximate surface area is 131 Å². The molecule has 1 aliphatic heterocycles. The molecule has 1 saturated carbocycles. The maximum Gasteiger partial charge on any atom is 0.243 e. The molecule has 1 aromatic rings. The van der Waals surface area contributed by atoms with Crippen molar-refractivity contribution in [1.82, 2.24) is 14.8 Å². The van der Waals surface area contributed by atoms with Gasteiger partial charge in [-0.1, -0.05) is 18.9 Å². The maximum absolute atomic E-state index is 12.7. The Kier molecular flexibility index (Phi) is 4.39. The predicted molar refractivity (Wildman–Crippen MR) is 82.6 cm³/mol. The topological polar surface area (TPSA) is 60.2 Å². The van der Waals surface area contributed by atoms with E-state index in [2.05, 4.69) is 16.0 Å². The lowest BCUT2D eigenvalue weighted by molar-refractivity contribution is -0.140. The normalized spacial score (nSPS) is 21.5. The molecule has 2 aliphatic rings. The van der Waals surface area contributed by atoms with E-state index in [0.29, 0.717) is 0 Å². The third-order valence-electron chi connectivity index (χ3n) is 4.85. The minimum absolute atomic E-state index is 0.0602. The number of carbonyl (C=O) groups excluding carboxylic acids is 1. The second kappa shape index (κ2) is 6.45. The van der Waals surface area contributed by atoms with Crippen molar-refractivity contribution in [3.63, 3.8) is 0 Å². The first-order chi connectivity index (χ1) is 10.7. The van der Waals surface area contributed by atoms with Crippen molar-refractivity contribution in [2.24, 2.45) is 5.41 Å². The van der Waals surface area contributed by atoms with Crippen LogP contribution in [0.25, 0.3) is 0 Å². The van der Waals surface area contributed by atoms with E-state index >= 15 is 0 Å². The van der Waals surface area contributed by atoms with E-state index in [1.807, 2.05) is 29.3 Å². The molecule has 5 nitrogen and oxygen atoms in total. The van der Waals surface area contributed by atoms with Crippen molar-refractivity contribution in [3.8, 4) is 6.07 Å². The van der Waals surface area contributed by atoms with E-state index in [-0.39, 0.29) is 5.91 Å². The molecule has 0 bridgehead atoms. The molecule has 1 aliphatic carbocycles. The second-order valence-electron chi connectivity index (χ2n) is 6.29. The second-order valence-corrected chi connectivity index (χ2v) is 6.29. The Balaban J connectivity index is 1.55. The summed E-state index contributed by atoms with van der Waals surface area (Å²) in [7, 11) is 0. The summed E-state index contributed by atoms with van der Waals surface area (Å²) < 4.78 is 0. The Bertz CT molecular complexity index is 552. The highest BCUT2D eigenvalue weighted by Gasteiger charge is 2.44. The molecule has 116 valence electrons. The lowest BCUT2D eigenvalue weighted by atomic mass is 9.86. The molecule has 0 N–H and O–H groups in total. The quantitative estimate of drug-likeness (QED) is 0.854. The van der Waals surface area contributed by atoms with Gasteiger partial charge in [-0.25, -0.2) is 0 Å². The van der Waals surface area contributed by atoms with E-state index in [9.17, 15) is 10.1 Å². The zero-order valence-electron chi connectivity index (χ0n) is 12.9. The fourth-order valence-electron chi connectivity index (χ4n) is 3.48. The third-order valence-corrected chi connectivity index (χ3v) is 4.85. The number of nitrogens with zero attached hydrogens (tertiary/aromatic N) is 4. The largest absolute Gasteiger partial charge is 0.339 e. The first-order valence-electron chi connectivity index (χ1n) is 8.06. The lowest BCUT2D eigenvalue weighted by Gasteiger charge is -2.37. The average molecular weight is 298 g/mol. The van der Waals surface area contributed by atoms with Crippen LogP contribution >= 0.6 is 0 Å². The van der Waals surface area contributed by atoms with Crippen LogP contribution in [0.15, 0.2) is 24.4 Å². The Hall–Kier alpha value is -1.93. The highest BCUT2D eigenvalue weighted by molar-refractivity contribution is 5.86. The van der Waals surface area contributed by atoms with E-state index in [4.69, 9.17) is 0 Å². The standard InChI is InChI=1S/C17H22N4O/c18-14-17(6-2-3-7-17)16(22)21-11-9-20(10-12-21)13-15-5-1-4-8-19-15/h1,4-5,8H,2-3,6-7,9-13H2. The predicted octanol–water partition coefficient (Wildman–Crippen LogP) is 1.81. The van der Waals surface area contributed by atoms with Gasteiger partial charge in [0.05, 0.1) is 11.8 Å². The number of piperazine rings is 1. The Morgan fingerprint density at radius 1 is 1.23 bits per heavy atom. The van der Waals surface area contributed by atoms with E-state index in [1.54, 1.807) is 0 Å². The van der Waals surface area contributed by atoms with E-state index < -0.39 is 5.41 Å². The van der Waals surface area contributed by atoms with Gasteiger partial charge in [-0.05, 0) is 25.0 Å². The third kappa shape index (κ3) is 2.97. The number of nitriles is 1. The molecule has 2 fully saturated rings. The average Bonchev–Trinajstić information content (AvgIpc) is 3.06. The number of carbonyl (C=O) groups is 1. The Morgan fingerprint density at radius 3 is 2.55 bits per heavy atom. The van der Waals surface area contributed by atoms with Gasteiger partial charge in [-0.15, -0.1) is 0 Å². The summed E-state index contributed by atoms with van der Waals surface area (Å²) in [4.78, 5) is 21.3. The minimum atomic E-state index is -0.733. The Morgan fingerprint density at radius 2 is 1.95 bits per heavy atom. The van der Waals surface area contributed by atoms with Crippen molar-refractivity contribution >= 4 is 5.91 Å². The zero-order valence-corrected chi connectivity index (χ0v) is 12.9. The molecule has 1 aromatic heterocycles. The highest BCUT2D eigenvalue weighted by atomic mass is 16.2. The van der Waals surface area contributed by atoms with Crippen LogP contribution in [0.3, 0.4) is 0 Å². The van der Waals surface area contributed by atoms with Crippen LogP contribution in [0.4, 0.5) is 0 Å². The smallest absolute Gasteiger partial charge is 0.243 e. The molecule has 5 heteroatoms. The fourth-order valence-corrected chi connectivity index (χ4v) is 3.48. The molecular formula is C17H22N4O. The van der Waals surface area contributed by atoms with Crippen LogP contribution in [-0.2, 0) is 11.3 Å². The van der Waals surface area contributed by atoms with Gasteiger partial charge < -0.3 is 4.90 Å². The van der Waals surface area contributed by atoms with Crippen molar-refractivity contribution in [3.05, 3.63) is 30.1 Å². The van der Waals surface area contributed by atoms with E-state index in [0.717, 1.165) is 64.1 Å². The first kappa shape index (κ1) is 15.0. The van der Waals surface area contributed by atoms with Gasteiger partial charge in [0.2, 0.25) is 5.91 Å². The molecule has 1 saturated heterocycles. The fraction of sp³-hybridized carbons (Fsp3) is 0.588. The summed E-state index contributed by atoms with van der Waals surface area (Å²) in [5.74, 6) is 0.0602. The molecule has 0 unspecified atom stereocenters. The van der Waals surface area contributed by atoms with Gasteiger partial charge in [0.1, 0.15) is 5.41 Å². The molecule has 22 heavy (non-hydrogen) atoms. The van der Waals surface area contributed by atoms with Crippen LogP contribution in [0.2, 0.25) is 0 Å². The number of amides is 1. The molecule has 1 amide bonds. The van der Waals surface area contributed by atoms with Crippen LogP contribution < -0.4 is 0 Å². The first-order valence-corrected chi connectivity index (χ1v) is 8.06. The number of pyridine rings is 1. The van der Waals surface area contributed by atoms with Crippen LogP contribution in [0.5, 0.6) is 0 Å². The number of rotatable bonds is 3. The van der Waals surface area contributed by atoms with Crippen molar-refractivity contribution in [2.75, 3.05) is 26.2 Å². The SMILES string of the molecule is N#CC1(C(=O)N2CCN(Cc3ccccn3)CC2)CCCC1. The minimum Gasteiger partial charge on any atom is -0.339 e. The summed E-state index contributed by atoms with van der Waals surface area (Å²) >= 11 is 0. The van der Waals surface area contributed by atoms with Gasteiger partial charge in [0.25, 0.3) is 0 Å². The molecule has 3 rings (SSSR count). The van der Waals surface area contributed by atoms with Crippen LogP contribution in [0, 0.1) is 16.7 Å². The van der Waals surface area contributed by atoms with E-state index in [1.165, 1.54) is 0 Å². The number of hydrogen-bond donors (Lipinski definition) is 0. The molecular weight excluding hydrogens is 276 g/mol. The molecule has 0 spiro atoms. The molecule has 0 radical (unpaired) electrons. The van der Waals surface area contributed by atoms with Gasteiger partial charge in [-0.3, -0.25) is 14.7 Å². The molecule has 0 aromatic carbocycles. The number of aromatic nitrogens is 1. The zero-order chi connectivity index (χ0) is 15.4.